The third-order valence-electron chi connectivity index (χ3n) is 3.65. The second-order valence-electron chi connectivity index (χ2n) is 5.12. The largest absolute Gasteiger partial charge is 0.465 e. The van der Waals surface area contributed by atoms with Crippen LogP contribution in [0.4, 0.5) is 0 Å². The molecule has 108 valence electrons. The lowest BCUT2D eigenvalue weighted by Gasteiger charge is -2.12. The molecule has 3 rings (SSSR count). The summed E-state index contributed by atoms with van der Waals surface area (Å²) < 4.78 is 10.6. The molecule has 1 aliphatic rings. The number of benzene rings is 1. The van der Waals surface area contributed by atoms with Crippen LogP contribution in [0.5, 0.6) is 11.5 Å². The molecule has 1 aromatic heterocycles. The number of hydrogen-bond donors (Lipinski definition) is 1. The summed E-state index contributed by atoms with van der Waals surface area (Å²) in [5.74, 6) is 1.00. The van der Waals surface area contributed by atoms with E-state index in [2.05, 4.69) is 11.9 Å². The summed E-state index contributed by atoms with van der Waals surface area (Å²) in [6.45, 7) is 2.06. The summed E-state index contributed by atoms with van der Waals surface area (Å²) in [6, 6.07) is 8.36. The Kier molecular flexibility index (Phi) is 3.25. The second-order valence-corrected chi connectivity index (χ2v) is 5.12. The monoisotopic (exact) mass is 285 g/mol. The maximum atomic E-state index is 11.6. The molecule has 5 nitrogen and oxygen atoms in total. The number of H-pyrrole nitrogens is 1. The van der Waals surface area contributed by atoms with Crippen molar-refractivity contribution >= 4 is 5.97 Å². The third-order valence-corrected chi connectivity index (χ3v) is 3.65. The van der Waals surface area contributed by atoms with Crippen molar-refractivity contribution in [2.75, 3.05) is 7.11 Å². The number of rotatable bonds is 1. The zero-order valence-electron chi connectivity index (χ0n) is 11.8. The molecule has 1 atom stereocenters. The Hall–Kier alpha value is -2.56. The lowest BCUT2D eigenvalue weighted by atomic mass is 9.95. The van der Waals surface area contributed by atoms with Crippen molar-refractivity contribution in [3.63, 3.8) is 0 Å². The van der Waals surface area contributed by atoms with Crippen molar-refractivity contribution in [3.05, 3.63) is 57.5 Å². The number of fused-ring (bicyclic) bond motifs is 2. The average molecular weight is 285 g/mol. The molecular weight excluding hydrogens is 270 g/mol. The van der Waals surface area contributed by atoms with Gasteiger partial charge in [-0.25, -0.2) is 4.79 Å². The molecule has 0 fully saturated rings. The van der Waals surface area contributed by atoms with E-state index in [9.17, 15) is 9.59 Å². The van der Waals surface area contributed by atoms with E-state index in [0.29, 0.717) is 23.5 Å². The molecule has 0 aliphatic carbocycles. The number of pyridine rings is 1. The Balaban J connectivity index is 2.10. The van der Waals surface area contributed by atoms with Gasteiger partial charge in [0.1, 0.15) is 11.5 Å². The van der Waals surface area contributed by atoms with Crippen molar-refractivity contribution in [1.82, 2.24) is 4.98 Å². The number of nitrogens with one attached hydrogen (secondary N) is 1. The molecular formula is C16H15NO4. The lowest BCUT2D eigenvalue weighted by molar-refractivity contribution is 0.0600. The number of carbonyl (C=O) groups is 1. The van der Waals surface area contributed by atoms with E-state index in [4.69, 9.17) is 9.47 Å². The predicted octanol–water partition coefficient (Wildman–Crippen LogP) is 2.61. The standard InChI is InChI=1S/C16H15NO4/c1-9-7-12-13(5-6-15(18)17-12)21-14-8-10(16(19)20-2)3-4-11(9)14/h3-6,8-9H,7H2,1-2H3,(H,17,18). The van der Waals surface area contributed by atoms with Crippen LogP contribution >= 0.6 is 0 Å². The van der Waals surface area contributed by atoms with Gasteiger partial charge in [0.2, 0.25) is 5.56 Å². The smallest absolute Gasteiger partial charge is 0.337 e. The van der Waals surface area contributed by atoms with Crippen molar-refractivity contribution in [2.24, 2.45) is 0 Å². The molecule has 0 radical (unpaired) electrons. The zero-order valence-corrected chi connectivity index (χ0v) is 11.8. The minimum absolute atomic E-state index is 0.147. The highest BCUT2D eigenvalue weighted by Gasteiger charge is 2.22. The van der Waals surface area contributed by atoms with Gasteiger partial charge in [0.05, 0.1) is 18.4 Å². The van der Waals surface area contributed by atoms with Crippen LogP contribution in [0.2, 0.25) is 0 Å². The van der Waals surface area contributed by atoms with Crippen molar-refractivity contribution in [2.45, 2.75) is 19.3 Å². The van der Waals surface area contributed by atoms with Crippen LogP contribution < -0.4 is 10.3 Å². The molecule has 2 heterocycles. The van der Waals surface area contributed by atoms with Gasteiger partial charge in [0, 0.05) is 6.07 Å². The van der Waals surface area contributed by atoms with Crippen LogP contribution in [0, 0.1) is 0 Å². The fraction of sp³-hybridized carbons (Fsp3) is 0.250. The number of aromatic amines is 1. The molecule has 0 amide bonds. The van der Waals surface area contributed by atoms with Crippen LogP contribution in [-0.4, -0.2) is 18.1 Å². The van der Waals surface area contributed by atoms with Crippen LogP contribution in [0.25, 0.3) is 0 Å². The highest BCUT2D eigenvalue weighted by Crippen LogP contribution is 2.38. The van der Waals surface area contributed by atoms with Gasteiger partial charge in [-0.05, 0) is 36.1 Å². The van der Waals surface area contributed by atoms with E-state index >= 15 is 0 Å². The summed E-state index contributed by atoms with van der Waals surface area (Å²) in [4.78, 5) is 25.9. The van der Waals surface area contributed by atoms with Gasteiger partial charge >= 0.3 is 5.97 Å². The summed E-state index contributed by atoms with van der Waals surface area (Å²) in [5, 5.41) is 0. The van der Waals surface area contributed by atoms with E-state index in [1.54, 1.807) is 18.2 Å². The van der Waals surface area contributed by atoms with Gasteiger partial charge < -0.3 is 14.5 Å². The summed E-state index contributed by atoms with van der Waals surface area (Å²) in [6.07, 6.45) is 0.677. The fourth-order valence-corrected chi connectivity index (χ4v) is 2.56. The maximum absolute atomic E-state index is 11.6. The highest BCUT2D eigenvalue weighted by molar-refractivity contribution is 5.90. The average Bonchev–Trinajstić information content (AvgIpc) is 2.61. The van der Waals surface area contributed by atoms with Gasteiger partial charge in [0.15, 0.2) is 0 Å². The Bertz CT molecular complexity index is 763. The van der Waals surface area contributed by atoms with Gasteiger partial charge in [-0.2, -0.15) is 0 Å². The molecule has 1 unspecified atom stereocenters. The molecule has 0 saturated heterocycles. The van der Waals surface area contributed by atoms with Crippen LogP contribution in [0.3, 0.4) is 0 Å². The van der Waals surface area contributed by atoms with Gasteiger partial charge in [-0.3, -0.25) is 4.79 Å². The highest BCUT2D eigenvalue weighted by atomic mass is 16.5. The van der Waals surface area contributed by atoms with E-state index in [1.807, 2.05) is 6.07 Å². The lowest BCUT2D eigenvalue weighted by Crippen LogP contribution is -2.08. The maximum Gasteiger partial charge on any atom is 0.337 e. The molecule has 1 aliphatic heterocycles. The number of methoxy groups -OCH3 is 1. The molecule has 0 saturated carbocycles. The normalized spacial score (nSPS) is 16.2. The van der Waals surface area contributed by atoms with E-state index in [-0.39, 0.29) is 11.5 Å². The first-order valence-electron chi connectivity index (χ1n) is 6.71. The van der Waals surface area contributed by atoms with Crippen LogP contribution in [-0.2, 0) is 11.2 Å². The predicted molar refractivity (Wildman–Crippen MR) is 77.0 cm³/mol. The second kappa shape index (κ2) is 5.09. The summed E-state index contributed by atoms with van der Waals surface area (Å²) in [7, 11) is 1.34. The molecule has 0 spiro atoms. The third kappa shape index (κ3) is 2.42. The van der Waals surface area contributed by atoms with Gasteiger partial charge in [-0.1, -0.05) is 13.0 Å². The minimum Gasteiger partial charge on any atom is -0.465 e. The van der Waals surface area contributed by atoms with E-state index in [1.165, 1.54) is 13.2 Å². The number of aromatic nitrogens is 1. The van der Waals surface area contributed by atoms with E-state index in [0.717, 1.165) is 11.3 Å². The molecule has 2 aromatic rings. The molecule has 0 bridgehead atoms. The van der Waals surface area contributed by atoms with Crippen molar-refractivity contribution in [3.8, 4) is 11.5 Å². The Morgan fingerprint density at radius 2 is 2.10 bits per heavy atom. The summed E-state index contributed by atoms with van der Waals surface area (Å²) >= 11 is 0. The SMILES string of the molecule is COC(=O)c1ccc2c(c1)Oc1ccc(=O)[nH]c1CC2C. The zero-order chi connectivity index (χ0) is 15.0. The topological polar surface area (TPSA) is 68.4 Å². The van der Waals surface area contributed by atoms with Gasteiger partial charge in [0.25, 0.3) is 0 Å². The Morgan fingerprint density at radius 3 is 2.86 bits per heavy atom. The summed E-state index contributed by atoms with van der Waals surface area (Å²) in [5.41, 5.74) is 2.06. The number of esters is 1. The van der Waals surface area contributed by atoms with Crippen molar-refractivity contribution < 1.29 is 14.3 Å². The van der Waals surface area contributed by atoms with Crippen LogP contribution in [0.1, 0.15) is 34.5 Å². The molecule has 21 heavy (non-hydrogen) atoms. The fourth-order valence-electron chi connectivity index (χ4n) is 2.56. The Labute approximate surface area is 121 Å². The Morgan fingerprint density at radius 1 is 1.29 bits per heavy atom. The molecule has 1 N–H and O–H groups in total. The first kappa shape index (κ1) is 13.4. The number of carbonyl (C=O) groups excluding carboxylic acids is 1. The van der Waals surface area contributed by atoms with E-state index < -0.39 is 5.97 Å². The molecule has 5 heteroatoms. The van der Waals surface area contributed by atoms with Crippen molar-refractivity contribution in [1.29, 1.82) is 0 Å². The first-order valence-corrected chi connectivity index (χ1v) is 6.71. The minimum atomic E-state index is -0.403. The molecule has 1 aromatic carbocycles. The quantitative estimate of drug-likeness (QED) is 0.818. The number of ether oxygens (including phenoxy) is 2. The number of hydrogen-bond acceptors (Lipinski definition) is 4. The van der Waals surface area contributed by atoms with Crippen LogP contribution in [0.15, 0.2) is 35.1 Å². The van der Waals surface area contributed by atoms with Gasteiger partial charge in [-0.15, -0.1) is 0 Å². The first-order chi connectivity index (χ1) is 10.1.